The van der Waals surface area contributed by atoms with Crippen LogP contribution in [0.5, 0.6) is 0 Å². The van der Waals surface area contributed by atoms with E-state index in [1.165, 1.54) is 17.0 Å². The Labute approximate surface area is 96.9 Å². The van der Waals surface area contributed by atoms with Gasteiger partial charge in [-0.1, -0.05) is 44.2 Å². The van der Waals surface area contributed by atoms with Crippen molar-refractivity contribution in [2.75, 3.05) is 0 Å². The van der Waals surface area contributed by atoms with Gasteiger partial charge in [0.2, 0.25) is 0 Å². The number of hydrogen-bond donors (Lipinski definition) is 0. The maximum absolute atomic E-state index is 4.61. The van der Waals surface area contributed by atoms with Gasteiger partial charge < -0.3 is 0 Å². The second-order valence-electron chi connectivity index (χ2n) is 3.98. The summed E-state index contributed by atoms with van der Waals surface area (Å²) < 4.78 is 2.12. The van der Waals surface area contributed by atoms with Crippen LogP contribution in [0.25, 0.3) is 0 Å². The van der Waals surface area contributed by atoms with E-state index >= 15 is 0 Å². The standard InChI is InChI=1S/C14H18N2/c1-3-13-10-14(4-2)16(15-13)11-12-8-6-5-7-9-12/h5-10H,3-4,11H2,1-2H3. The molecular formula is C14H18N2. The number of aromatic nitrogens is 2. The molecule has 2 nitrogen and oxygen atoms in total. The molecule has 0 aliphatic rings. The first kappa shape index (κ1) is 10.9. The molecule has 1 aromatic carbocycles. The molecule has 16 heavy (non-hydrogen) atoms. The van der Waals surface area contributed by atoms with Crippen molar-refractivity contribution >= 4 is 0 Å². The SMILES string of the molecule is CCc1cc(CC)n(Cc2ccccc2)n1. The Morgan fingerprint density at radius 2 is 1.81 bits per heavy atom. The van der Waals surface area contributed by atoms with Gasteiger partial charge in [-0.3, -0.25) is 4.68 Å². The molecule has 0 saturated heterocycles. The van der Waals surface area contributed by atoms with E-state index in [9.17, 15) is 0 Å². The van der Waals surface area contributed by atoms with E-state index in [1.807, 2.05) is 6.07 Å². The summed E-state index contributed by atoms with van der Waals surface area (Å²) in [7, 11) is 0. The van der Waals surface area contributed by atoms with Crippen molar-refractivity contribution in [2.24, 2.45) is 0 Å². The van der Waals surface area contributed by atoms with E-state index in [-0.39, 0.29) is 0 Å². The number of nitrogens with zero attached hydrogens (tertiary/aromatic N) is 2. The molecule has 0 bridgehead atoms. The van der Waals surface area contributed by atoms with E-state index in [2.05, 4.69) is 54.0 Å². The average molecular weight is 214 g/mol. The molecule has 0 saturated carbocycles. The molecule has 2 heteroatoms. The summed E-state index contributed by atoms with van der Waals surface area (Å²) in [5, 5.41) is 4.61. The van der Waals surface area contributed by atoms with Crippen LogP contribution in [0.1, 0.15) is 30.8 Å². The normalized spacial score (nSPS) is 10.6. The van der Waals surface area contributed by atoms with Gasteiger partial charge in [0.1, 0.15) is 0 Å². The number of benzene rings is 1. The maximum atomic E-state index is 4.61. The quantitative estimate of drug-likeness (QED) is 0.765. The highest BCUT2D eigenvalue weighted by molar-refractivity contribution is 5.17. The Bertz CT molecular complexity index is 443. The van der Waals surface area contributed by atoms with Crippen LogP contribution in [0.4, 0.5) is 0 Å². The Morgan fingerprint density at radius 3 is 2.44 bits per heavy atom. The van der Waals surface area contributed by atoms with Gasteiger partial charge in [-0.25, -0.2) is 0 Å². The predicted octanol–water partition coefficient (Wildman–Crippen LogP) is 3.06. The zero-order valence-electron chi connectivity index (χ0n) is 9.98. The highest BCUT2D eigenvalue weighted by atomic mass is 15.3. The van der Waals surface area contributed by atoms with E-state index < -0.39 is 0 Å². The van der Waals surface area contributed by atoms with Crippen molar-refractivity contribution in [3.05, 3.63) is 53.3 Å². The monoisotopic (exact) mass is 214 g/mol. The van der Waals surface area contributed by atoms with E-state index in [4.69, 9.17) is 0 Å². The molecule has 1 heterocycles. The molecule has 2 rings (SSSR count). The van der Waals surface area contributed by atoms with Crippen LogP contribution in [-0.4, -0.2) is 9.78 Å². The van der Waals surface area contributed by atoms with Crippen LogP contribution < -0.4 is 0 Å². The topological polar surface area (TPSA) is 17.8 Å². The smallest absolute Gasteiger partial charge is 0.0662 e. The highest BCUT2D eigenvalue weighted by Crippen LogP contribution is 2.09. The van der Waals surface area contributed by atoms with E-state index in [1.54, 1.807) is 0 Å². The second kappa shape index (κ2) is 4.97. The van der Waals surface area contributed by atoms with Crippen LogP contribution in [0.3, 0.4) is 0 Å². The van der Waals surface area contributed by atoms with Gasteiger partial charge in [-0.2, -0.15) is 5.10 Å². The summed E-state index contributed by atoms with van der Waals surface area (Å²) in [6.45, 7) is 5.20. The predicted molar refractivity (Wildman–Crippen MR) is 66.5 cm³/mol. The summed E-state index contributed by atoms with van der Waals surface area (Å²) in [5.74, 6) is 0. The lowest BCUT2D eigenvalue weighted by atomic mass is 10.2. The fraction of sp³-hybridized carbons (Fsp3) is 0.357. The van der Waals surface area contributed by atoms with Crippen LogP contribution in [0, 0.1) is 0 Å². The summed E-state index contributed by atoms with van der Waals surface area (Å²) in [6.07, 6.45) is 2.05. The molecule has 0 N–H and O–H groups in total. The lowest BCUT2D eigenvalue weighted by Crippen LogP contribution is -2.05. The minimum absolute atomic E-state index is 0.879. The van der Waals surface area contributed by atoms with Crippen molar-refractivity contribution in [1.29, 1.82) is 0 Å². The van der Waals surface area contributed by atoms with Gasteiger partial charge in [0.15, 0.2) is 0 Å². The molecule has 0 radical (unpaired) electrons. The summed E-state index contributed by atoms with van der Waals surface area (Å²) in [5.41, 5.74) is 3.82. The van der Waals surface area contributed by atoms with Crippen molar-refractivity contribution in [3.63, 3.8) is 0 Å². The van der Waals surface area contributed by atoms with Crippen molar-refractivity contribution < 1.29 is 0 Å². The third-order valence-corrected chi connectivity index (χ3v) is 2.81. The molecule has 0 atom stereocenters. The van der Waals surface area contributed by atoms with Gasteiger partial charge in [0.25, 0.3) is 0 Å². The third-order valence-electron chi connectivity index (χ3n) is 2.81. The van der Waals surface area contributed by atoms with Gasteiger partial charge >= 0.3 is 0 Å². The molecule has 0 spiro atoms. The zero-order valence-corrected chi connectivity index (χ0v) is 9.98. The number of aryl methyl sites for hydroxylation is 2. The minimum Gasteiger partial charge on any atom is -0.265 e. The number of rotatable bonds is 4. The lowest BCUT2D eigenvalue weighted by molar-refractivity contribution is 0.640. The van der Waals surface area contributed by atoms with Gasteiger partial charge in [0, 0.05) is 5.69 Å². The molecule has 0 fully saturated rings. The molecule has 0 aliphatic carbocycles. The van der Waals surface area contributed by atoms with Gasteiger partial charge in [0.05, 0.1) is 12.2 Å². The van der Waals surface area contributed by atoms with Crippen molar-refractivity contribution in [2.45, 2.75) is 33.2 Å². The third kappa shape index (κ3) is 2.32. The summed E-state index contributed by atoms with van der Waals surface area (Å²) in [6, 6.07) is 12.7. The highest BCUT2D eigenvalue weighted by Gasteiger charge is 2.05. The van der Waals surface area contributed by atoms with E-state index in [0.29, 0.717) is 0 Å². The van der Waals surface area contributed by atoms with Crippen LogP contribution in [-0.2, 0) is 19.4 Å². The second-order valence-corrected chi connectivity index (χ2v) is 3.98. The van der Waals surface area contributed by atoms with Gasteiger partial charge in [-0.05, 0) is 24.5 Å². The largest absolute Gasteiger partial charge is 0.265 e. The first-order valence-corrected chi connectivity index (χ1v) is 5.93. The molecule has 0 aliphatic heterocycles. The Kier molecular flexibility index (Phi) is 3.40. The van der Waals surface area contributed by atoms with Crippen LogP contribution in [0.15, 0.2) is 36.4 Å². The summed E-state index contributed by atoms with van der Waals surface area (Å²) >= 11 is 0. The average Bonchev–Trinajstić information content (AvgIpc) is 2.73. The fourth-order valence-corrected chi connectivity index (χ4v) is 1.87. The Hall–Kier alpha value is -1.57. The van der Waals surface area contributed by atoms with E-state index in [0.717, 1.165) is 19.4 Å². The lowest BCUT2D eigenvalue weighted by Gasteiger charge is -2.05. The van der Waals surface area contributed by atoms with Gasteiger partial charge in [-0.15, -0.1) is 0 Å². The molecule has 0 unspecified atom stereocenters. The Morgan fingerprint density at radius 1 is 1.06 bits per heavy atom. The molecule has 2 aromatic rings. The Balaban J connectivity index is 2.23. The maximum Gasteiger partial charge on any atom is 0.0662 e. The first-order valence-electron chi connectivity index (χ1n) is 5.93. The van der Waals surface area contributed by atoms with Crippen LogP contribution in [0.2, 0.25) is 0 Å². The molecule has 1 aromatic heterocycles. The fourth-order valence-electron chi connectivity index (χ4n) is 1.87. The minimum atomic E-state index is 0.879. The van der Waals surface area contributed by atoms with Crippen molar-refractivity contribution in [3.8, 4) is 0 Å². The zero-order chi connectivity index (χ0) is 11.4. The van der Waals surface area contributed by atoms with Crippen LogP contribution >= 0.6 is 0 Å². The van der Waals surface area contributed by atoms with Crippen molar-refractivity contribution in [1.82, 2.24) is 9.78 Å². The molecule has 0 amide bonds. The summed E-state index contributed by atoms with van der Waals surface area (Å²) in [4.78, 5) is 0. The molecule has 84 valence electrons. The first-order chi connectivity index (χ1) is 7.83. The number of hydrogen-bond acceptors (Lipinski definition) is 1. The molecular weight excluding hydrogens is 196 g/mol.